The monoisotopic (exact) mass is 407 g/mol. The number of aromatic hydroxyl groups is 1. The molecule has 3 aromatic carbocycles. The van der Waals surface area contributed by atoms with Gasteiger partial charge < -0.3 is 9.67 Å². The van der Waals surface area contributed by atoms with Crippen molar-refractivity contribution >= 4 is 0 Å². The number of halogens is 3. The van der Waals surface area contributed by atoms with Crippen LogP contribution in [0.3, 0.4) is 0 Å². The summed E-state index contributed by atoms with van der Waals surface area (Å²) in [6.07, 6.45) is -2.49. The highest BCUT2D eigenvalue weighted by molar-refractivity contribution is 5.43. The minimum atomic E-state index is -4.37. The van der Waals surface area contributed by atoms with E-state index in [0.29, 0.717) is 12.1 Å². The van der Waals surface area contributed by atoms with Crippen LogP contribution in [-0.4, -0.2) is 9.67 Å². The molecule has 0 saturated carbocycles. The number of rotatable bonds is 5. The minimum absolute atomic E-state index is 0.118. The summed E-state index contributed by atoms with van der Waals surface area (Å²) in [7, 11) is 0. The predicted molar refractivity (Wildman–Crippen MR) is 110 cm³/mol. The molecule has 0 unspecified atom stereocenters. The zero-order valence-corrected chi connectivity index (χ0v) is 16.1. The molecule has 152 valence electrons. The van der Waals surface area contributed by atoms with Gasteiger partial charge in [-0.25, -0.2) is 0 Å². The highest BCUT2D eigenvalue weighted by Crippen LogP contribution is 2.34. The van der Waals surface area contributed by atoms with Crippen molar-refractivity contribution in [3.8, 4) is 5.75 Å². The Hall–Kier alpha value is -3.47. The SMILES string of the molecule is Oc1ccc([C@@H](c2ccccc2)c2cccn2Cc2cccc(C(F)(F)F)c2)cc1. The molecule has 1 heterocycles. The van der Waals surface area contributed by atoms with Gasteiger partial charge in [0.05, 0.1) is 5.56 Å². The molecule has 30 heavy (non-hydrogen) atoms. The second-order valence-electron chi connectivity index (χ2n) is 7.19. The van der Waals surface area contributed by atoms with Crippen LogP contribution >= 0.6 is 0 Å². The van der Waals surface area contributed by atoms with Crippen molar-refractivity contribution in [3.63, 3.8) is 0 Å². The molecule has 0 aliphatic carbocycles. The first-order chi connectivity index (χ1) is 14.4. The van der Waals surface area contributed by atoms with E-state index in [4.69, 9.17) is 0 Å². The van der Waals surface area contributed by atoms with E-state index in [9.17, 15) is 18.3 Å². The molecule has 0 bridgehead atoms. The average molecular weight is 407 g/mol. The first kappa shape index (κ1) is 19.8. The molecule has 0 radical (unpaired) electrons. The third kappa shape index (κ3) is 4.25. The maximum atomic E-state index is 13.1. The third-order valence-electron chi connectivity index (χ3n) is 5.13. The Kier molecular flexibility index (Phi) is 5.36. The van der Waals surface area contributed by atoms with Crippen LogP contribution in [-0.2, 0) is 12.7 Å². The van der Waals surface area contributed by atoms with Gasteiger partial charge in [-0.3, -0.25) is 0 Å². The predicted octanol–water partition coefficient (Wildman–Crippen LogP) is 6.44. The summed E-state index contributed by atoms with van der Waals surface area (Å²) in [5, 5.41) is 9.68. The van der Waals surface area contributed by atoms with Crippen molar-refractivity contribution in [2.45, 2.75) is 18.6 Å². The second-order valence-corrected chi connectivity index (χ2v) is 7.19. The van der Waals surface area contributed by atoms with Gasteiger partial charge >= 0.3 is 6.18 Å². The van der Waals surface area contributed by atoms with E-state index < -0.39 is 11.7 Å². The summed E-state index contributed by atoms with van der Waals surface area (Å²) in [6, 6.07) is 26.3. The van der Waals surface area contributed by atoms with Gasteiger partial charge in [-0.15, -0.1) is 0 Å². The van der Waals surface area contributed by atoms with E-state index in [0.717, 1.165) is 22.9 Å². The fourth-order valence-electron chi connectivity index (χ4n) is 3.72. The van der Waals surface area contributed by atoms with E-state index in [1.807, 2.05) is 65.4 Å². The number of hydrogen-bond acceptors (Lipinski definition) is 1. The molecule has 4 rings (SSSR count). The van der Waals surface area contributed by atoms with E-state index in [-0.39, 0.29) is 11.7 Å². The molecule has 0 aliphatic rings. The normalized spacial score (nSPS) is 12.6. The van der Waals surface area contributed by atoms with Gasteiger partial charge in [0.1, 0.15) is 5.75 Å². The molecule has 0 aliphatic heterocycles. The lowest BCUT2D eigenvalue weighted by atomic mass is 9.88. The highest BCUT2D eigenvalue weighted by atomic mass is 19.4. The highest BCUT2D eigenvalue weighted by Gasteiger charge is 2.30. The minimum Gasteiger partial charge on any atom is -0.508 e. The smallest absolute Gasteiger partial charge is 0.416 e. The number of aromatic nitrogens is 1. The topological polar surface area (TPSA) is 25.2 Å². The van der Waals surface area contributed by atoms with E-state index in [2.05, 4.69) is 0 Å². The van der Waals surface area contributed by atoms with Gasteiger partial charge in [-0.05, 0) is 53.1 Å². The molecular weight excluding hydrogens is 387 g/mol. The second kappa shape index (κ2) is 8.11. The van der Waals surface area contributed by atoms with Crippen molar-refractivity contribution in [1.82, 2.24) is 4.57 Å². The number of phenolic OH excluding ortho intramolecular Hbond substituents is 1. The number of nitrogens with zero attached hydrogens (tertiary/aromatic N) is 1. The Morgan fingerprint density at radius 2 is 1.47 bits per heavy atom. The molecule has 1 N–H and O–H groups in total. The Bertz CT molecular complexity index is 1120. The van der Waals surface area contributed by atoms with E-state index >= 15 is 0 Å². The van der Waals surface area contributed by atoms with Gasteiger partial charge in [-0.1, -0.05) is 54.6 Å². The summed E-state index contributed by atoms with van der Waals surface area (Å²) in [5.74, 6) is 0.0671. The van der Waals surface area contributed by atoms with E-state index in [1.54, 1.807) is 18.2 Å². The van der Waals surface area contributed by atoms with Crippen LogP contribution in [0, 0.1) is 0 Å². The Morgan fingerprint density at radius 3 is 2.17 bits per heavy atom. The summed E-state index contributed by atoms with van der Waals surface area (Å²) in [4.78, 5) is 0. The first-order valence-electron chi connectivity index (χ1n) is 9.57. The molecule has 4 aromatic rings. The van der Waals surface area contributed by atoms with Gasteiger partial charge in [-0.2, -0.15) is 13.2 Å². The number of phenols is 1. The summed E-state index contributed by atoms with van der Waals surface area (Å²) < 4.78 is 41.3. The molecule has 5 heteroatoms. The molecule has 1 atom stereocenters. The van der Waals surface area contributed by atoms with Crippen molar-refractivity contribution in [2.24, 2.45) is 0 Å². The fourth-order valence-corrected chi connectivity index (χ4v) is 3.72. The number of hydrogen-bond donors (Lipinski definition) is 1. The van der Waals surface area contributed by atoms with Gasteiger partial charge in [0.15, 0.2) is 0 Å². The molecule has 0 saturated heterocycles. The van der Waals surface area contributed by atoms with Gasteiger partial charge in [0.2, 0.25) is 0 Å². The standard InChI is InChI=1S/C25H20F3NO/c26-25(27,28)21-9-4-6-18(16-21)17-29-15-5-10-23(29)24(19-7-2-1-3-8-19)20-11-13-22(30)14-12-20/h1-16,24,30H,17H2/t24-/m1/s1. The molecule has 1 aromatic heterocycles. The number of benzene rings is 3. The number of alkyl halides is 3. The first-order valence-corrected chi connectivity index (χ1v) is 9.57. The quantitative estimate of drug-likeness (QED) is 0.405. The summed E-state index contributed by atoms with van der Waals surface area (Å²) >= 11 is 0. The van der Waals surface area contributed by atoms with Crippen LogP contribution in [0.4, 0.5) is 13.2 Å². The van der Waals surface area contributed by atoms with Crippen LogP contribution in [0.2, 0.25) is 0 Å². The maximum absolute atomic E-state index is 13.1. The van der Waals surface area contributed by atoms with Crippen molar-refractivity contribution < 1.29 is 18.3 Å². The Morgan fingerprint density at radius 1 is 0.767 bits per heavy atom. The zero-order valence-electron chi connectivity index (χ0n) is 16.1. The van der Waals surface area contributed by atoms with Crippen molar-refractivity contribution in [3.05, 3.63) is 125 Å². The van der Waals surface area contributed by atoms with Crippen LogP contribution in [0.1, 0.15) is 33.9 Å². The van der Waals surface area contributed by atoms with E-state index in [1.165, 1.54) is 12.1 Å². The largest absolute Gasteiger partial charge is 0.508 e. The lowest BCUT2D eigenvalue weighted by molar-refractivity contribution is -0.137. The lowest BCUT2D eigenvalue weighted by Crippen LogP contribution is -2.12. The van der Waals surface area contributed by atoms with Crippen molar-refractivity contribution in [2.75, 3.05) is 0 Å². The van der Waals surface area contributed by atoms with Crippen LogP contribution in [0.5, 0.6) is 5.75 Å². The Balaban J connectivity index is 1.74. The van der Waals surface area contributed by atoms with Crippen LogP contribution in [0.15, 0.2) is 97.2 Å². The summed E-state index contributed by atoms with van der Waals surface area (Å²) in [6.45, 7) is 0.327. The van der Waals surface area contributed by atoms with Gasteiger partial charge in [0.25, 0.3) is 0 Å². The lowest BCUT2D eigenvalue weighted by Gasteiger charge is -2.21. The van der Waals surface area contributed by atoms with Crippen LogP contribution in [0.25, 0.3) is 0 Å². The van der Waals surface area contributed by atoms with Crippen LogP contribution < -0.4 is 0 Å². The maximum Gasteiger partial charge on any atom is 0.416 e. The molecule has 0 amide bonds. The molecule has 0 spiro atoms. The molecule has 2 nitrogen and oxygen atoms in total. The Labute approximate surface area is 172 Å². The molecular formula is C25H20F3NO. The van der Waals surface area contributed by atoms with Crippen molar-refractivity contribution in [1.29, 1.82) is 0 Å². The summed E-state index contributed by atoms with van der Waals surface area (Å²) in [5.41, 5.74) is 2.95. The third-order valence-corrected chi connectivity index (χ3v) is 5.13. The zero-order chi connectivity index (χ0) is 21.1. The average Bonchev–Trinajstić information content (AvgIpc) is 3.18. The fraction of sp³-hybridized carbons (Fsp3) is 0.120. The van der Waals surface area contributed by atoms with Gasteiger partial charge in [0, 0.05) is 24.4 Å². The molecule has 0 fully saturated rings.